The third-order valence-corrected chi connectivity index (χ3v) is 5.70. The van der Waals surface area contributed by atoms with Crippen LogP contribution in [0, 0.1) is 11.3 Å². The number of carbonyl (C=O) groups is 2. The van der Waals surface area contributed by atoms with Gasteiger partial charge in [0.15, 0.2) is 0 Å². The number of ether oxygens (including phenoxy) is 1. The standard InChI is InChI=1S/C25H25N5O3/c1-29-16-21(15-27-29)24(31)28-22-9-11-30(12-10-22)25(32)18-7-4-8-23(13-18)33-17-20-6-3-2-5-19(20)14-26/h2-8,13,15-16,22H,9-12,17H2,1H3,(H,28,31). The van der Waals surface area contributed by atoms with Crippen LogP contribution >= 0.6 is 0 Å². The third kappa shape index (κ3) is 5.39. The zero-order chi connectivity index (χ0) is 23.2. The number of nitriles is 1. The average molecular weight is 444 g/mol. The molecule has 1 fully saturated rings. The molecule has 8 nitrogen and oxygen atoms in total. The molecule has 1 aliphatic heterocycles. The number of aryl methyl sites for hydroxylation is 1. The summed E-state index contributed by atoms with van der Waals surface area (Å²) < 4.78 is 7.43. The number of nitrogens with one attached hydrogen (secondary N) is 1. The van der Waals surface area contributed by atoms with Crippen LogP contribution in [0.1, 0.15) is 44.7 Å². The summed E-state index contributed by atoms with van der Waals surface area (Å²) >= 11 is 0. The van der Waals surface area contributed by atoms with E-state index in [0.717, 1.165) is 5.56 Å². The van der Waals surface area contributed by atoms with Crippen LogP contribution in [0.2, 0.25) is 0 Å². The number of hydrogen-bond donors (Lipinski definition) is 1. The molecule has 4 rings (SSSR count). The zero-order valence-electron chi connectivity index (χ0n) is 18.4. The summed E-state index contributed by atoms with van der Waals surface area (Å²) in [5.41, 5.74) is 2.46. The van der Waals surface area contributed by atoms with Gasteiger partial charge in [-0.05, 0) is 37.1 Å². The van der Waals surface area contributed by atoms with E-state index in [4.69, 9.17) is 4.74 Å². The lowest BCUT2D eigenvalue weighted by molar-refractivity contribution is 0.0697. The van der Waals surface area contributed by atoms with Crippen LogP contribution in [0.5, 0.6) is 5.75 Å². The Morgan fingerprint density at radius 2 is 1.94 bits per heavy atom. The Morgan fingerprint density at radius 3 is 2.67 bits per heavy atom. The van der Waals surface area contributed by atoms with E-state index in [1.165, 1.54) is 0 Å². The van der Waals surface area contributed by atoms with Gasteiger partial charge in [-0.25, -0.2) is 0 Å². The first-order valence-corrected chi connectivity index (χ1v) is 10.8. The molecule has 2 heterocycles. The number of piperidine rings is 1. The highest BCUT2D eigenvalue weighted by molar-refractivity contribution is 5.95. The number of nitrogens with zero attached hydrogens (tertiary/aromatic N) is 4. The van der Waals surface area contributed by atoms with Gasteiger partial charge in [0.2, 0.25) is 0 Å². The van der Waals surface area contributed by atoms with Crippen molar-refractivity contribution in [3.05, 3.63) is 83.2 Å². The monoisotopic (exact) mass is 443 g/mol. The van der Waals surface area contributed by atoms with E-state index in [2.05, 4.69) is 16.5 Å². The van der Waals surface area contributed by atoms with Crippen LogP contribution in [0.25, 0.3) is 0 Å². The first kappa shape index (κ1) is 22.1. The first-order valence-electron chi connectivity index (χ1n) is 10.8. The fourth-order valence-electron chi connectivity index (χ4n) is 3.85. The van der Waals surface area contributed by atoms with Gasteiger partial charge in [0.25, 0.3) is 11.8 Å². The van der Waals surface area contributed by atoms with Gasteiger partial charge in [-0.1, -0.05) is 24.3 Å². The van der Waals surface area contributed by atoms with Gasteiger partial charge >= 0.3 is 0 Å². The fourth-order valence-corrected chi connectivity index (χ4v) is 3.85. The van der Waals surface area contributed by atoms with E-state index in [9.17, 15) is 14.9 Å². The summed E-state index contributed by atoms with van der Waals surface area (Å²) in [6, 6.07) is 16.6. The lowest BCUT2D eigenvalue weighted by Crippen LogP contribution is -2.46. The predicted molar refractivity (Wildman–Crippen MR) is 122 cm³/mol. The molecule has 3 aromatic rings. The fraction of sp³-hybridized carbons (Fsp3) is 0.280. The van der Waals surface area contributed by atoms with Crippen molar-refractivity contribution in [1.82, 2.24) is 20.0 Å². The van der Waals surface area contributed by atoms with Gasteiger partial charge in [-0.15, -0.1) is 0 Å². The SMILES string of the molecule is Cn1cc(C(=O)NC2CCN(C(=O)c3cccc(OCc4ccccc4C#N)c3)CC2)cn1. The molecule has 1 saturated heterocycles. The lowest BCUT2D eigenvalue weighted by Gasteiger charge is -2.32. The van der Waals surface area contributed by atoms with Crippen molar-refractivity contribution in [3.8, 4) is 11.8 Å². The minimum Gasteiger partial charge on any atom is -0.489 e. The third-order valence-electron chi connectivity index (χ3n) is 5.70. The highest BCUT2D eigenvalue weighted by atomic mass is 16.5. The van der Waals surface area contributed by atoms with Crippen LogP contribution in [-0.4, -0.2) is 45.6 Å². The van der Waals surface area contributed by atoms with Gasteiger partial charge < -0.3 is 15.0 Å². The molecular formula is C25H25N5O3. The molecule has 1 aliphatic rings. The van der Waals surface area contributed by atoms with Crippen LogP contribution < -0.4 is 10.1 Å². The van der Waals surface area contributed by atoms with Crippen molar-refractivity contribution >= 4 is 11.8 Å². The van der Waals surface area contributed by atoms with Crippen molar-refractivity contribution in [2.75, 3.05) is 13.1 Å². The van der Waals surface area contributed by atoms with Crippen molar-refractivity contribution in [1.29, 1.82) is 5.26 Å². The highest BCUT2D eigenvalue weighted by Crippen LogP contribution is 2.20. The van der Waals surface area contributed by atoms with E-state index in [1.807, 2.05) is 18.2 Å². The van der Waals surface area contributed by atoms with Crippen LogP contribution in [-0.2, 0) is 13.7 Å². The maximum Gasteiger partial charge on any atom is 0.254 e. The number of likely N-dealkylation sites (tertiary alicyclic amines) is 1. The second-order valence-corrected chi connectivity index (χ2v) is 8.03. The first-order chi connectivity index (χ1) is 16.0. The van der Waals surface area contributed by atoms with E-state index in [0.29, 0.717) is 48.4 Å². The molecule has 1 aromatic heterocycles. The molecule has 168 valence electrons. The quantitative estimate of drug-likeness (QED) is 0.631. The molecule has 0 aliphatic carbocycles. The Kier molecular flexibility index (Phi) is 6.69. The summed E-state index contributed by atoms with van der Waals surface area (Å²) in [6.07, 6.45) is 4.61. The Hall–Kier alpha value is -4.12. The highest BCUT2D eigenvalue weighted by Gasteiger charge is 2.25. The van der Waals surface area contributed by atoms with E-state index in [1.54, 1.807) is 59.4 Å². The Labute approximate surface area is 192 Å². The van der Waals surface area contributed by atoms with E-state index >= 15 is 0 Å². The molecule has 2 aromatic carbocycles. The van der Waals surface area contributed by atoms with Gasteiger partial charge in [0.05, 0.1) is 23.4 Å². The van der Waals surface area contributed by atoms with Crippen molar-refractivity contribution in [2.24, 2.45) is 7.05 Å². The molecule has 2 amide bonds. The molecule has 0 unspecified atom stereocenters. The van der Waals surface area contributed by atoms with Gasteiger partial charge in [0, 0.05) is 43.5 Å². The number of hydrogen-bond acceptors (Lipinski definition) is 5. The van der Waals surface area contributed by atoms with E-state index < -0.39 is 0 Å². The van der Waals surface area contributed by atoms with Gasteiger partial charge in [-0.3, -0.25) is 14.3 Å². The molecule has 1 N–H and O–H groups in total. The molecule has 8 heteroatoms. The molecule has 0 saturated carbocycles. The smallest absolute Gasteiger partial charge is 0.254 e. The molecule has 0 bridgehead atoms. The minimum absolute atomic E-state index is 0.0247. The lowest BCUT2D eigenvalue weighted by atomic mass is 10.0. The maximum absolute atomic E-state index is 13.0. The molecule has 0 atom stereocenters. The number of aromatic nitrogens is 2. The Morgan fingerprint density at radius 1 is 1.15 bits per heavy atom. The maximum atomic E-state index is 13.0. The molecule has 0 spiro atoms. The van der Waals surface area contributed by atoms with Crippen LogP contribution in [0.15, 0.2) is 60.9 Å². The topological polar surface area (TPSA) is 100 Å². The van der Waals surface area contributed by atoms with Crippen LogP contribution in [0.4, 0.5) is 0 Å². The summed E-state index contributed by atoms with van der Waals surface area (Å²) in [5.74, 6) is 0.373. The summed E-state index contributed by atoms with van der Waals surface area (Å²) in [4.78, 5) is 27.1. The van der Waals surface area contributed by atoms with Crippen LogP contribution in [0.3, 0.4) is 0 Å². The predicted octanol–water partition coefficient (Wildman–Crippen LogP) is 2.91. The Bertz CT molecular complexity index is 1190. The number of carbonyl (C=O) groups excluding carboxylic acids is 2. The number of amides is 2. The summed E-state index contributed by atoms with van der Waals surface area (Å²) in [5, 5.41) is 16.3. The summed E-state index contributed by atoms with van der Waals surface area (Å²) in [6.45, 7) is 1.39. The minimum atomic E-state index is -0.143. The Balaban J connectivity index is 1.31. The average Bonchev–Trinajstić information content (AvgIpc) is 3.29. The second-order valence-electron chi connectivity index (χ2n) is 8.03. The van der Waals surface area contributed by atoms with E-state index in [-0.39, 0.29) is 24.5 Å². The second kappa shape index (κ2) is 10.0. The van der Waals surface area contributed by atoms with Gasteiger partial charge in [0.1, 0.15) is 12.4 Å². The zero-order valence-corrected chi connectivity index (χ0v) is 18.4. The molecule has 0 radical (unpaired) electrons. The van der Waals surface area contributed by atoms with Crippen molar-refractivity contribution in [2.45, 2.75) is 25.5 Å². The largest absolute Gasteiger partial charge is 0.489 e. The summed E-state index contributed by atoms with van der Waals surface area (Å²) in [7, 11) is 1.77. The van der Waals surface area contributed by atoms with Crippen molar-refractivity contribution < 1.29 is 14.3 Å². The number of rotatable bonds is 6. The van der Waals surface area contributed by atoms with Gasteiger partial charge in [-0.2, -0.15) is 10.4 Å². The molecule has 33 heavy (non-hydrogen) atoms. The number of benzene rings is 2. The van der Waals surface area contributed by atoms with Crippen molar-refractivity contribution in [3.63, 3.8) is 0 Å². The molecular weight excluding hydrogens is 418 g/mol. The normalized spacial score (nSPS) is 13.9.